The molecule has 0 saturated heterocycles. The fourth-order valence-corrected chi connectivity index (χ4v) is 3.37. The van der Waals surface area contributed by atoms with Gasteiger partial charge in [-0.05, 0) is 46.7 Å². The zero-order valence-electron chi connectivity index (χ0n) is 14.6. The summed E-state index contributed by atoms with van der Waals surface area (Å²) in [5.41, 5.74) is 2.75. The van der Waals surface area contributed by atoms with Crippen molar-refractivity contribution in [3.8, 4) is 17.6 Å². The molecule has 130 valence electrons. The van der Waals surface area contributed by atoms with Crippen molar-refractivity contribution in [2.24, 2.45) is 0 Å². The first-order chi connectivity index (χ1) is 13.2. The summed E-state index contributed by atoms with van der Waals surface area (Å²) in [6.45, 7) is 0. The minimum Gasteiger partial charge on any atom is -0.508 e. The third kappa shape index (κ3) is 3.67. The van der Waals surface area contributed by atoms with E-state index in [9.17, 15) is 5.11 Å². The van der Waals surface area contributed by atoms with Crippen molar-refractivity contribution in [1.29, 1.82) is 0 Å². The summed E-state index contributed by atoms with van der Waals surface area (Å²) in [4.78, 5) is 0. The third-order valence-corrected chi connectivity index (χ3v) is 4.83. The van der Waals surface area contributed by atoms with Crippen LogP contribution in [0.4, 0.5) is 0 Å². The van der Waals surface area contributed by atoms with E-state index in [-0.39, 0.29) is 11.7 Å². The summed E-state index contributed by atoms with van der Waals surface area (Å²) in [7, 11) is 0. The van der Waals surface area contributed by atoms with Gasteiger partial charge in [0.1, 0.15) is 5.75 Å². The zero-order valence-corrected chi connectivity index (χ0v) is 15.3. The molecule has 0 radical (unpaired) electrons. The van der Waals surface area contributed by atoms with E-state index in [0.29, 0.717) is 5.02 Å². The van der Waals surface area contributed by atoms with E-state index in [0.717, 1.165) is 27.5 Å². The van der Waals surface area contributed by atoms with Crippen LogP contribution in [-0.4, -0.2) is 5.11 Å². The Hall–Kier alpha value is -3.21. The second-order valence-electron chi connectivity index (χ2n) is 6.34. The van der Waals surface area contributed by atoms with E-state index < -0.39 is 0 Å². The molecule has 0 fully saturated rings. The number of hydrogen-bond acceptors (Lipinski definition) is 1. The highest BCUT2D eigenvalue weighted by molar-refractivity contribution is 6.30. The number of hydrogen-bond donors (Lipinski definition) is 1. The van der Waals surface area contributed by atoms with Gasteiger partial charge < -0.3 is 5.11 Å². The van der Waals surface area contributed by atoms with Gasteiger partial charge in [-0.2, -0.15) is 0 Å². The van der Waals surface area contributed by atoms with Crippen molar-refractivity contribution in [3.63, 3.8) is 0 Å². The standard InChI is InChI=1S/C25H17ClO/c26-21-14-11-20(12-15-21)23(16-10-18-6-2-1-3-7-18)25-22-9-5-4-8-19(22)13-17-24(25)27/h1-9,11-15,17,23,27H. The lowest BCUT2D eigenvalue weighted by atomic mass is 9.87. The third-order valence-electron chi connectivity index (χ3n) is 4.57. The topological polar surface area (TPSA) is 20.2 Å². The Labute approximate surface area is 163 Å². The molecular formula is C25H17ClO. The van der Waals surface area contributed by atoms with Gasteiger partial charge >= 0.3 is 0 Å². The van der Waals surface area contributed by atoms with Crippen molar-refractivity contribution < 1.29 is 5.11 Å². The second kappa shape index (κ2) is 7.58. The van der Waals surface area contributed by atoms with Gasteiger partial charge in [-0.3, -0.25) is 0 Å². The van der Waals surface area contributed by atoms with Crippen molar-refractivity contribution in [2.75, 3.05) is 0 Å². The van der Waals surface area contributed by atoms with E-state index in [1.807, 2.05) is 84.9 Å². The van der Waals surface area contributed by atoms with Crippen LogP contribution in [0.25, 0.3) is 10.8 Å². The highest BCUT2D eigenvalue weighted by Crippen LogP contribution is 2.37. The van der Waals surface area contributed by atoms with Crippen molar-refractivity contribution >= 4 is 22.4 Å². The molecule has 4 rings (SSSR count). The molecule has 1 nitrogen and oxygen atoms in total. The molecule has 0 aliphatic heterocycles. The van der Waals surface area contributed by atoms with E-state index in [1.54, 1.807) is 6.07 Å². The first-order valence-electron chi connectivity index (χ1n) is 8.75. The van der Waals surface area contributed by atoms with E-state index in [2.05, 4.69) is 11.8 Å². The van der Waals surface area contributed by atoms with Gasteiger partial charge in [-0.15, -0.1) is 0 Å². The fraction of sp³-hybridized carbons (Fsp3) is 0.0400. The number of aromatic hydroxyl groups is 1. The largest absolute Gasteiger partial charge is 0.508 e. The summed E-state index contributed by atoms with van der Waals surface area (Å²) < 4.78 is 0. The van der Waals surface area contributed by atoms with Crippen molar-refractivity contribution in [1.82, 2.24) is 0 Å². The quantitative estimate of drug-likeness (QED) is 0.407. The van der Waals surface area contributed by atoms with Gasteiger partial charge in [0.25, 0.3) is 0 Å². The molecule has 0 saturated carbocycles. The highest BCUT2D eigenvalue weighted by Gasteiger charge is 2.18. The first kappa shape index (κ1) is 17.2. The lowest BCUT2D eigenvalue weighted by Gasteiger charge is -2.16. The van der Waals surface area contributed by atoms with Crippen LogP contribution in [0.2, 0.25) is 5.02 Å². The number of halogens is 1. The van der Waals surface area contributed by atoms with Gasteiger partial charge in [0, 0.05) is 16.1 Å². The normalized spacial score (nSPS) is 11.6. The molecule has 1 atom stereocenters. The van der Waals surface area contributed by atoms with Crippen LogP contribution in [0.1, 0.15) is 22.6 Å². The summed E-state index contributed by atoms with van der Waals surface area (Å²) in [6, 6.07) is 29.2. The summed E-state index contributed by atoms with van der Waals surface area (Å²) in [5.74, 6) is 6.60. The summed E-state index contributed by atoms with van der Waals surface area (Å²) in [6.07, 6.45) is 0. The van der Waals surface area contributed by atoms with E-state index >= 15 is 0 Å². The molecule has 0 aromatic heterocycles. The molecular weight excluding hydrogens is 352 g/mol. The minimum atomic E-state index is -0.270. The smallest absolute Gasteiger partial charge is 0.121 e. The predicted molar refractivity (Wildman–Crippen MR) is 112 cm³/mol. The molecule has 0 heterocycles. The van der Waals surface area contributed by atoms with Gasteiger partial charge in [0.15, 0.2) is 0 Å². The molecule has 0 spiro atoms. The molecule has 27 heavy (non-hydrogen) atoms. The van der Waals surface area contributed by atoms with Gasteiger partial charge in [-0.25, -0.2) is 0 Å². The van der Waals surface area contributed by atoms with Gasteiger partial charge in [0.05, 0.1) is 5.92 Å². The Morgan fingerprint density at radius 2 is 1.44 bits per heavy atom. The molecule has 0 aliphatic carbocycles. The lowest BCUT2D eigenvalue weighted by Crippen LogP contribution is -2.00. The second-order valence-corrected chi connectivity index (χ2v) is 6.78. The number of fused-ring (bicyclic) bond motifs is 1. The predicted octanol–water partition coefficient (Wildman–Crippen LogP) is 6.38. The van der Waals surface area contributed by atoms with Crippen LogP contribution in [0.3, 0.4) is 0 Å². The number of phenolic OH excluding ortho intramolecular Hbond substituents is 1. The van der Waals surface area contributed by atoms with Crippen LogP contribution >= 0.6 is 11.6 Å². The molecule has 4 aromatic rings. The highest BCUT2D eigenvalue weighted by atomic mass is 35.5. The Morgan fingerprint density at radius 3 is 2.22 bits per heavy atom. The molecule has 0 bridgehead atoms. The number of phenols is 1. The van der Waals surface area contributed by atoms with Crippen LogP contribution in [-0.2, 0) is 0 Å². The summed E-state index contributed by atoms with van der Waals surface area (Å²) in [5, 5.41) is 13.4. The van der Waals surface area contributed by atoms with Crippen molar-refractivity contribution in [2.45, 2.75) is 5.92 Å². The monoisotopic (exact) mass is 368 g/mol. The van der Waals surface area contributed by atoms with Crippen LogP contribution in [0.15, 0.2) is 91.0 Å². The average molecular weight is 369 g/mol. The maximum absolute atomic E-state index is 10.7. The van der Waals surface area contributed by atoms with Crippen LogP contribution in [0, 0.1) is 11.8 Å². The SMILES string of the molecule is Oc1ccc2ccccc2c1C(C#Cc1ccccc1)c1ccc(Cl)cc1. The maximum Gasteiger partial charge on any atom is 0.121 e. The molecule has 1 unspecified atom stereocenters. The molecule has 0 aliphatic rings. The average Bonchev–Trinajstić information content (AvgIpc) is 2.71. The summed E-state index contributed by atoms with van der Waals surface area (Å²) >= 11 is 6.08. The van der Waals surface area contributed by atoms with E-state index in [4.69, 9.17) is 11.6 Å². The van der Waals surface area contributed by atoms with Crippen LogP contribution in [0.5, 0.6) is 5.75 Å². The maximum atomic E-state index is 10.7. The minimum absolute atomic E-state index is 0.246. The molecule has 4 aromatic carbocycles. The lowest BCUT2D eigenvalue weighted by molar-refractivity contribution is 0.469. The number of benzene rings is 4. The van der Waals surface area contributed by atoms with E-state index in [1.165, 1.54) is 0 Å². The van der Waals surface area contributed by atoms with Crippen molar-refractivity contribution in [3.05, 3.63) is 113 Å². The Balaban J connectivity index is 1.93. The first-order valence-corrected chi connectivity index (χ1v) is 9.13. The molecule has 2 heteroatoms. The van der Waals surface area contributed by atoms with Gasteiger partial charge in [0.2, 0.25) is 0 Å². The molecule has 0 amide bonds. The Morgan fingerprint density at radius 1 is 0.741 bits per heavy atom. The Bertz CT molecular complexity index is 1140. The number of rotatable bonds is 2. The molecule has 1 N–H and O–H groups in total. The zero-order chi connectivity index (χ0) is 18.6. The van der Waals surface area contributed by atoms with Crippen LogP contribution < -0.4 is 0 Å². The van der Waals surface area contributed by atoms with Gasteiger partial charge in [-0.1, -0.05) is 84.1 Å². The fourth-order valence-electron chi connectivity index (χ4n) is 3.24. The Kier molecular flexibility index (Phi) is 4.83.